The number of amides is 2. The van der Waals surface area contributed by atoms with Crippen LogP contribution in [0.25, 0.3) is 5.57 Å². The second-order valence-electron chi connectivity index (χ2n) is 9.95. The monoisotopic (exact) mass is 480 g/mol. The van der Waals surface area contributed by atoms with Crippen LogP contribution in [0.15, 0.2) is 48.6 Å². The number of alkyl carbamates (subject to hydrolysis) is 1. The zero-order valence-corrected chi connectivity index (χ0v) is 21.1. The van der Waals surface area contributed by atoms with Crippen LogP contribution in [0.1, 0.15) is 39.7 Å². The van der Waals surface area contributed by atoms with Crippen molar-refractivity contribution in [3.8, 4) is 6.07 Å². The molecule has 2 atom stereocenters. The Balaban J connectivity index is 1.40. The van der Waals surface area contributed by atoms with Gasteiger partial charge in [0.05, 0.1) is 6.61 Å². The van der Waals surface area contributed by atoms with Crippen LogP contribution < -0.4 is 5.32 Å². The lowest BCUT2D eigenvalue weighted by Gasteiger charge is -2.36. The van der Waals surface area contributed by atoms with Crippen LogP contribution in [0, 0.1) is 11.3 Å². The first-order valence-electron chi connectivity index (χ1n) is 12.1. The smallest absolute Gasteiger partial charge is 0.408 e. The Bertz CT molecular complexity index is 985. The number of rotatable bonds is 7. The Morgan fingerprint density at radius 3 is 2.43 bits per heavy atom. The van der Waals surface area contributed by atoms with E-state index in [9.17, 15) is 14.9 Å². The lowest BCUT2D eigenvalue weighted by molar-refractivity contribution is -0.134. The summed E-state index contributed by atoms with van der Waals surface area (Å²) in [7, 11) is 0. The molecule has 0 spiro atoms. The van der Waals surface area contributed by atoms with E-state index in [1.54, 1.807) is 32.6 Å². The average Bonchev–Trinajstić information content (AvgIpc) is 2.83. The van der Waals surface area contributed by atoms with E-state index in [0.717, 1.165) is 11.1 Å². The van der Waals surface area contributed by atoms with Gasteiger partial charge in [0.25, 0.3) is 0 Å². The Morgan fingerprint density at radius 1 is 1.17 bits per heavy atom. The number of hydrogen-bond acceptors (Lipinski definition) is 6. The number of nitrogens with one attached hydrogen (secondary N) is 1. The first kappa shape index (κ1) is 26.5. The number of nitriles is 1. The van der Waals surface area contributed by atoms with Gasteiger partial charge in [-0.15, -0.1) is 0 Å². The molecule has 1 heterocycles. The number of nitrogens with zero attached hydrogens (tertiary/aromatic N) is 3. The van der Waals surface area contributed by atoms with Crippen molar-refractivity contribution < 1.29 is 19.1 Å². The Morgan fingerprint density at radius 2 is 1.86 bits per heavy atom. The second kappa shape index (κ2) is 11.5. The molecule has 1 fully saturated rings. The van der Waals surface area contributed by atoms with Gasteiger partial charge in [0.15, 0.2) is 5.60 Å². The van der Waals surface area contributed by atoms with Crippen LogP contribution in [0.4, 0.5) is 4.79 Å². The minimum absolute atomic E-state index is 0.122. The number of piperazine rings is 1. The Kier molecular flexibility index (Phi) is 8.71. The van der Waals surface area contributed by atoms with E-state index >= 15 is 0 Å². The van der Waals surface area contributed by atoms with E-state index < -0.39 is 23.3 Å². The average molecular weight is 481 g/mol. The molecular weight excluding hydrogens is 444 g/mol. The van der Waals surface area contributed by atoms with Crippen molar-refractivity contribution in [1.29, 1.82) is 5.26 Å². The molecule has 1 unspecified atom stereocenters. The number of carbonyl (C=O) groups excluding carboxylic acids is 2. The molecule has 188 valence electrons. The van der Waals surface area contributed by atoms with Gasteiger partial charge < -0.3 is 19.7 Å². The molecule has 1 N–H and O–H groups in total. The molecule has 0 bridgehead atoms. The summed E-state index contributed by atoms with van der Waals surface area (Å²) >= 11 is 0. The molecule has 2 aliphatic rings. The molecule has 1 saturated heterocycles. The third-order valence-electron chi connectivity index (χ3n) is 6.01. The molecule has 2 amide bonds. The molecule has 1 aromatic rings. The minimum Gasteiger partial charge on any atom is -0.444 e. The van der Waals surface area contributed by atoms with Crippen molar-refractivity contribution in [2.45, 2.75) is 51.4 Å². The fourth-order valence-corrected chi connectivity index (χ4v) is 4.06. The molecule has 0 saturated carbocycles. The van der Waals surface area contributed by atoms with E-state index in [0.29, 0.717) is 45.8 Å². The molecule has 8 nitrogen and oxygen atoms in total. The van der Waals surface area contributed by atoms with Crippen molar-refractivity contribution in [1.82, 2.24) is 15.1 Å². The van der Waals surface area contributed by atoms with Crippen LogP contribution in [-0.4, -0.2) is 78.4 Å². The summed E-state index contributed by atoms with van der Waals surface area (Å²) in [5.74, 6) is -0.122. The van der Waals surface area contributed by atoms with Gasteiger partial charge in [0.2, 0.25) is 5.91 Å². The molecule has 3 rings (SSSR count). The normalized spacial score (nSPS) is 21.6. The molecule has 8 heteroatoms. The molecule has 1 aromatic carbocycles. The SMILES string of the molecule is C[C@@H](NC(=O)OC(C)(C)C)C(=O)N1CCN(CCOC2(C#N)C=CC(c3ccccc3)=CC2)CC1. The van der Waals surface area contributed by atoms with E-state index in [1.807, 2.05) is 30.4 Å². The molecule has 35 heavy (non-hydrogen) atoms. The van der Waals surface area contributed by atoms with Gasteiger partial charge in [0, 0.05) is 39.1 Å². The van der Waals surface area contributed by atoms with Gasteiger partial charge >= 0.3 is 6.09 Å². The maximum atomic E-state index is 12.7. The van der Waals surface area contributed by atoms with Crippen molar-refractivity contribution in [2.75, 3.05) is 39.3 Å². The number of allylic oxidation sites excluding steroid dienone is 2. The highest BCUT2D eigenvalue weighted by molar-refractivity contribution is 5.85. The van der Waals surface area contributed by atoms with Crippen molar-refractivity contribution >= 4 is 17.6 Å². The van der Waals surface area contributed by atoms with Crippen LogP contribution in [0.3, 0.4) is 0 Å². The van der Waals surface area contributed by atoms with Gasteiger partial charge in [-0.25, -0.2) is 4.79 Å². The van der Waals surface area contributed by atoms with E-state index in [-0.39, 0.29) is 5.91 Å². The zero-order chi connectivity index (χ0) is 25.5. The number of hydrogen-bond donors (Lipinski definition) is 1. The van der Waals surface area contributed by atoms with Crippen molar-refractivity contribution in [3.05, 3.63) is 54.1 Å². The number of carbonyl (C=O) groups is 2. The third kappa shape index (κ3) is 7.67. The minimum atomic E-state index is -0.946. The van der Waals surface area contributed by atoms with Gasteiger partial charge in [-0.3, -0.25) is 9.69 Å². The van der Waals surface area contributed by atoms with Crippen LogP contribution in [0.5, 0.6) is 0 Å². The van der Waals surface area contributed by atoms with Gasteiger partial charge in [-0.05, 0) is 44.9 Å². The largest absolute Gasteiger partial charge is 0.444 e. The van der Waals surface area contributed by atoms with E-state index in [4.69, 9.17) is 9.47 Å². The first-order chi connectivity index (χ1) is 16.6. The van der Waals surface area contributed by atoms with Gasteiger partial charge in [-0.1, -0.05) is 42.5 Å². The zero-order valence-electron chi connectivity index (χ0n) is 21.1. The predicted octanol–water partition coefficient (Wildman–Crippen LogP) is 3.37. The molecule has 1 aliphatic heterocycles. The topological polar surface area (TPSA) is 94.9 Å². The summed E-state index contributed by atoms with van der Waals surface area (Å²) in [6.07, 6.45) is 5.78. The summed E-state index contributed by atoms with van der Waals surface area (Å²) in [5.41, 5.74) is 0.659. The standard InChI is InChI=1S/C27H36N4O4/c1-21(29-25(33)35-26(2,3)4)24(32)31-16-14-30(15-17-31)18-19-34-27(20-28)12-10-23(11-13-27)22-8-6-5-7-9-22/h5-12,21H,13-19H2,1-4H3,(H,29,33)/t21-,27?/m1/s1. The first-order valence-corrected chi connectivity index (χ1v) is 12.1. The maximum Gasteiger partial charge on any atom is 0.408 e. The van der Waals surface area contributed by atoms with Gasteiger partial charge in [-0.2, -0.15) is 5.26 Å². The number of benzene rings is 1. The highest BCUT2D eigenvalue weighted by Gasteiger charge is 2.31. The summed E-state index contributed by atoms with van der Waals surface area (Å²) in [6.45, 7) is 10.7. The predicted molar refractivity (Wildman–Crippen MR) is 134 cm³/mol. The van der Waals surface area contributed by atoms with E-state index in [2.05, 4.69) is 34.5 Å². The highest BCUT2D eigenvalue weighted by Crippen LogP contribution is 2.29. The van der Waals surface area contributed by atoms with Crippen LogP contribution in [-0.2, 0) is 14.3 Å². The lowest BCUT2D eigenvalue weighted by atomic mass is 9.90. The summed E-state index contributed by atoms with van der Waals surface area (Å²) < 4.78 is 11.3. The molecule has 1 aliphatic carbocycles. The van der Waals surface area contributed by atoms with E-state index in [1.165, 1.54) is 0 Å². The van der Waals surface area contributed by atoms with Crippen LogP contribution >= 0.6 is 0 Å². The van der Waals surface area contributed by atoms with Gasteiger partial charge in [0.1, 0.15) is 17.7 Å². The third-order valence-corrected chi connectivity index (χ3v) is 6.01. The lowest BCUT2D eigenvalue weighted by Crippen LogP contribution is -2.55. The maximum absolute atomic E-state index is 12.7. The van der Waals surface area contributed by atoms with Crippen LogP contribution in [0.2, 0.25) is 0 Å². The second-order valence-corrected chi connectivity index (χ2v) is 9.95. The molecular formula is C27H36N4O4. The summed E-state index contributed by atoms with van der Waals surface area (Å²) in [4.78, 5) is 28.6. The van der Waals surface area contributed by atoms with Crippen molar-refractivity contribution in [3.63, 3.8) is 0 Å². The fraction of sp³-hybridized carbons (Fsp3) is 0.519. The summed E-state index contributed by atoms with van der Waals surface area (Å²) in [5, 5.41) is 12.4. The Hall–Kier alpha value is -3.15. The quantitative estimate of drug-likeness (QED) is 0.643. The fourth-order valence-electron chi connectivity index (χ4n) is 4.06. The molecule has 0 radical (unpaired) electrons. The molecule has 0 aromatic heterocycles. The van der Waals surface area contributed by atoms with Crippen molar-refractivity contribution in [2.24, 2.45) is 0 Å². The Labute approximate surface area is 208 Å². The highest BCUT2D eigenvalue weighted by atomic mass is 16.6. The number of ether oxygens (including phenoxy) is 2. The summed E-state index contributed by atoms with van der Waals surface area (Å²) in [6, 6.07) is 11.8.